The molecule has 142 valence electrons. The summed E-state index contributed by atoms with van der Waals surface area (Å²) in [5, 5.41) is 6.37. The van der Waals surface area contributed by atoms with Crippen molar-refractivity contribution in [3.8, 4) is 0 Å². The number of nitrogens with one attached hydrogen (secondary N) is 2. The van der Waals surface area contributed by atoms with Crippen LogP contribution in [0.15, 0.2) is 60.7 Å². The number of carbonyl (C=O) groups excluding carboxylic acids is 2. The zero-order valence-electron chi connectivity index (χ0n) is 14.1. The standard InChI is InChI=1S/C20H12Cl4N2O2/c21-13-7-3-9-15(17(13)23)25-19(27)11-5-1-2-6-12(11)20(28)26-16-10-4-8-14(22)18(16)24/h1-10H,(H,25,27)(H,26,28). The number of benzene rings is 3. The van der Waals surface area contributed by atoms with Crippen LogP contribution in [-0.2, 0) is 0 Å². The first kappa shape index (κ1) is 20.5. The topological polar surface area (TPSA) is 58.2 Å². The summed E-state index contributed by atoms with van der Waals surface area (Å²) in [6, 6.07) is 16.1. The van der Waals surface area contributed by atoms with E-state index in [1.165, 1.54) is 12.1 Å². The van der Waals surface area contributed by atoms with Gasteiger partial charge in [0.05, 0.1) is 42.6 Å². The van der Waals surface area contributed by atoms with E-state index >= 15 is 0 Å². The molecule has 0 aliphatic heterocycles. The second-order valence-corrected chi connectivity index (χ2v) is 7.23. The fourth-order valence-corrected chi connectivity index (χ4v) is 3.15. The van der Waals surface area contributed by atoms with Gasteiger partial charge in [-0.05, 0) is 36.4 Å². The van der Waals surface area contributed by atoms with Crippen LogP contribution < -0.4 is 10.6 Å². The zero-order chi connectivity index (χ0) is 20.3. The Morgan fingerprint density at radius 2 is 0.964 bits per heavy atom. The van der Waals surface area contributed by atoms with Crippen molar-refractivity contribution in [3.05, 3.63) is 91.9 Å². The summed E-state index contributed by atoms with van der Waals surface area (Å²) >= 11 is 24.2. The molecule has 0 fully saturated rings. The Balaban J connectivity index is 1.88. The van der Waals surface area contributed by atoms with E-state index in [1.54, 1.807) is 48.5 Å². The Bertz CT molecular complexity index is 985. The highest BCUT2D eigenvalue weighted by Gasteiger charge is 2.19. The summed E-state index contributed by atoms with van der Waals surface area (Å²) in [5.41, 5.74) is 1.00. The first-order valence-electron chi connectivity index (χ1n) is 7.98. The molecule has 2 amide bonds. The highest BCUT2D eigenvalue weighted by atomic mass is 35.5. The maximum Gasteiger partial charge on any atom is 0.256 e. The average Bonchev–Trinajstić information content (AvgIpc) is 2.69. The lowest BCUT2D eigenvalue weighted by atomic mass is 10.1. The van der Waals surface area contributed by atoms with Crippen molar-refractivity contribution in [2.75, 3.05) is 10.6 Å². The van der Waals surface area contributed by atoms with Gasteiger partial charge >= 0.3 is 0 Å². The minimum atomic E-state index is -0.507. The third-order valence-corrected chi connectivity index (χ3v) is 5.45. The molecule has 0 spiro atoms. The van der Waals surface area contributed by atoms with Crippen LogP contribution in [0, 0.1) is 0 Å². The summed E-state index contributed by atoms with van der Waals surface area (Å²) in [5.74, 6) is -1.01. The van der Waals surface area contributed by atoms with Crippen LogP contribution in [0.25, 0.3) is 0 Å². The van der Waals surface area contributed by atoms with Crippen LogP contribution in [0.2, 0.25) is 20.1 Å². The van der Waals surface area contributed by atoms with Gasteiger partial charge in [-0.3, -0.25) is 9.59 Å². The van der Waals surface area contributed by atoms with Crippen molar-refractivity contribution in [1.82, 2.24) is 0 Å². The Kier molecular flexibility index (Phi) is 6.47. The minimum Gasteiger partial charge on any atom is -0.321 e. The number of carbonyl (C=O) groups is 2. The monoisotopic (exact) mass is 452 g/mol. The molecule has 0 atom stereocenters. The van der Waals surface area contributed by atoms with Gasteiger partial charge < -0.3 is 10.6 Å². The molecule has 0 aromatic heterocycles. The third-order valence-electron chi connectivity index (χ3n) is 3.82. The van der Waals surface area contributed by atoms with Crippen molar-refractivity contribution in [1.29, 1.82) is 0 Å². The summed E-state index contributed by atoms with van der Waals surface area (Å²) in [6.45, 7) is 0. The first-order chi connectivity index (χ1) is 13.4. The molecule has 2 N–H and O–H groups in total. The van der Waals surface area contributed by atoms with Gasteiger partial charge in [0.2, 0.25) is 0 Å². The highest BCUT2D eigenvalue weighted by Crippen LogP contribution is 2.31. The smallest absolute Gasteiger partial charge is 0.256 e. The van der Waals surface area contributed by atoms with Crippen LogP contribution in [0.3, 0.4) is 0 Å². The molecule has 3 rings (SSSR count). The van der Waals surface area contributed by atoms with Crippen molar-refractivity contribution in [2.24, 2.45) is 0 Å². The molecule has 0 saturated heterocycles. The van der Waals surface area contributed by atoms with Gasteiger partial charge in [-0.15, -0.1) is 0 Å². The maximum atomic E-state index is 12.7. The lowest BCUT2D eigenvalue weighted by Crippen LogP contribution is -2.20. The molecule has 8 heteroatoms. The Morgan fingerprint density at radius 1 is 0.571 bits per heavy atom. The normalized spacial score (nSPS) is 10.4. The zero-order valence-corrected chi connectivity index (χ0v) is 17.1. The number of halogens is 4. The quantitative estimate of drug-likeness (QED) is 0.456. The molecule has 4 nitrogen and oxygen atoms in total. The van der Waals surface area contributed by atoms with Crippen molar-refractivity contribution in [2.45, 2.75) is 0 Å². The molecule has 3 aromatic carbocycles. The molecular formula is C20H12Cl4N2O2. The van der Waals surface area contributed by atoms with Crippen LogP contribution in [0.1, 0.15) is 20.7 Å². The molecule has 0 unspecified atom stereocenters. The first-order valence-corrected chi connectivity index (χ1v) is 9.49. The minimum absolute atomic E-state index is 0.161. The van der Waals surface area contributed by atoms with E-state index in [2.05, 4.69) is 10.6 Å². The van der Waals surface area contributed by atoms with E-state index < -0.39 is 11.8 Å². The van der Waals surface area contributed by atoms with Gasteiger partial charge in [-0.1, -0.05) is 70.7 Å². The molecule has 0 saturated carbocycles. The van der Waals surface area contributed by atoms with E-state index in [9.17, 15) is 9.59 Å². The number of hydrogen-bond acceptors (Lipinski definition) is 2. The van der Waals surface area contributed by atoms with Gasteiger partial charge in [0, 0.05) is 0 Å². The van der Waals surface area contributed by atoms with Crippen LogP contribution in [0.4, 0.5) is 11.4 Å². The maximum absolute atomic E-state index is 12.7. The Morgan fingerprint density at radius 3 is 1.36 bits per heavy atom. The van der Waals surface area contributed by atoms with E-state index in [-0.39, 0.29) is 21.2 Å². The van der Waals surface area contributed by atoms with Gasteiger partial charge in [0.1, 0.15) is 0 Å². The molecule has 3 aromatic rings. The van der Waals surface area contributed by atoms with Gasteiger partial charge in [-0.2, -0.15) is 0 Å². The predicted molar refractivity (Wildman–Crippen MR) is 115 cm³/mol. The summed E-state index contributed by atoms with van der Waals surface area (Å²) in [4.78, 5) is 25.5. The summed E-state index contributed by atoms with van der Waals surface area (Å²) in [7, 11) is 0. The van der Waals surface area contributed by atoms with Crippen molar-refractivity contribution in [3.63, 3.8) is 0 Å². The molecule has 0 aliphatic rings. The molecule has 0 radical (unpaired) electrons. The number of amides is 2. The average molecular weight is 454 g/mol. The van der Waals surface area contributed by atoms with Gasteiger partial charge in [0.25, 0.3) is 11.8 Å². The van der Waals surface area contributed by atoms with Crippen LogP contribution >= 0.6 is 46.4 Å². The summed E-state index contributed by atoms with van der Waals surface area (Å²) in [6.07, 6.45) is 0. The lowest BCUT2D eigenvalue weighted by Gasteiger charge is -2.13. The summed E-state index contributed by atoms with van der Waals surface area (Å²) < 4.78 is 0. The second-order valence-electron chi connectivity index (χ2n) is 5.66. The molecular weight excluding hydrogens is 442 g/mol. The Hall–Kier alpha value is -2.24. The Labute approximate surface area is 181 Å². The van der Waals surface area contributed by atoms with Crippen LogP contribution in [-0.4, -0.2) is 11.8 Å². The van der Waals surface area contributed by atoms with E-state index in [1.807, 2.05) is 0 Å². The fourth-order valence-electron chi connectivity index (χ4n) is 2.46. The van der Waals surface area contributed by atoms with Gasteiger partial charge in [0.15, 0.2) is 0 Å². The van der Waals surface area contributed by atoms with E-state index in [0.717, 1.165) is 0 Å². The van der Waals surface area contributed by atoms with E-state index in [4.69, 9.17) is 46.4 Å². The number of anilines is 2. The van der Waals surface area contributed by atoms with Gasteiger partial charge in [-0.25, -0.2) is 0 Å². The third kappa shape index (κ3) is 4.42. The van der Waals surface area contributed by atoms with Crippen molar-refractivity contribution >= 4 is 69.6 Å². The number of hydrogen-bond donors (Lipinski definition) is 2. The largest absolute Gasteiger partial charge is 0.321 e. The van der Waals surface area contributed by atoms with E-state index in [0.29, 0.717) is 21.4 Å². The fraction of sp³-hybridized carbons (Fsp3) is 0. The SMILES string of the molecule is O=C(Nc1cccc(Cl)c1Cl)c1ccccc1C(=O)Nc1cccc(Cl)c1Cl. The highest BCUT2D eigenvalue weighted by molar-refractivity contribution is 6.44. The van der Waals surface area contributed by atoms with Crippen LogP contribution in [0.5, 0.6) is 0 Å². The predicted octanol–water partition coefficient (Wildman–Crippen LogP) is 6.80. The lowest BCUT2D eigenvalue weighted by molar-refractivity contribution is 0.0990. The molecule has 0 heterocycles. The second kappa shape index (κ2) is 8.84. The molecule has 0 bridgehead atoms. The molecule has 28 heavy (non-hydrogen) atoms. The molecule has 0 aliphatic carbocycles. The number of rotatable bonds is 4. The van der Waals surface area contributed by atoms with Crippen molar-refractivity contribution < 1.29 is 9.59 Å².